The Morgan fingerprint density at radius 1 is 1.04 bits per heavy atom. The van der Waals surface area contributed by atoms with Crippen LogP contribution in [0.2, 0.25) is 0 Å². The molecule has 0 heterocycles. The van der Waals surface area contributed by atoms with Gasteiger partial charge in [0.25, 0.3) is 0 Å². The number of anilines is 1. The predicted octanol–water partition coefficient (Wildman–Crippen LogP) is 5.92. The molecule has 1 N–H and O–H groups in total. The highest BCUT2D eigenvalue weighted by Gasteiger charge is 2.16. The predicted molar refractivity (Wildman–Crippen MR) is 100 cm³/mol. The lowest BCUT2D eigenvalue weighted by molar-refractivity contribution is -0.116. The van der Waals surface area contributed by atoms with E-state index in [4.69, 9.17) is 5.26 Å². The number of nitrogens with zero attached hydrogens (tertiary/aromatic N) is 1. The summed E-state index contributed by atoms with van der Waals surface area (Å²) in [4.78, 5) is 12.0. The van der Waals surface area contributed by atoms with E-state index >= 15 is 0 Å². The maximum atomic E-state index is 12.0. The zero-order valence-electron chi connectivity index (χ0n) is 14.7. The Labute approximate surface area is 145 Å². The fourth-order valence-corrected chi connectivity index (χ4v) is 3.07. The van der Waals surface area contributed by atoms with Gasteiger partial charge in [-0.25, -0.2) is 0 Å². The normalized spacial score (nSPS) is 11.9. The van der Waals surface area contributed by atoms with E-state index in [0.29, 0.717) is 6.42 Å². The largest absolute Gasteiger partial charge is 0.326 e. The number of hydrogen-bond donors (Lipinski definition) is 1. The quantitative estimate of drug-likeness (QED) is 0.513. The van der Waals surface area contributed by atoms with Crippen molar-refractivity contribution in [3.05, 3.63) is 29.3 Å². The molecule has 0 radical (unpaired) electrons. The lowest BCUT2D eigenvalue weighted by Gasteiger charge is -2.16. The fraction of sp³-hybridized carbons (Fsp3) is 0.524. The summed E-state index contributed by atoms with van der Waals surface area (Å²) >= 11 is 0. The van der Waals surface area contributed by atoms with Crippen molar-refractivity contribution in [3.8, 4) is 6.07 Å². The fourth-order valence-electron chi connectivity index (χ4n) is 3.07. The number of rotatable bonds is 11. The van der Waals surface area contributed by atoms with E-state index in [-0.39, 0.29) is 5.91 Å². The maximum absolute atomic E-state index is 12.0. The molecule has 0 saturated heterocycles. The van der Waals surface area contributed by atoms with Crippen LogP contribution in [0.4, 0.5) is 5.69 Å². The Kier molecular flexibility index (Phi) is 7.55. The highest BCUT2D eigenvalue weighted by Crippen LogP contribution is 2.33. The lowest BCUT2D eigenvalue weighted by atomic mass is 9.89. The summed E-state index contributed by atoms with van der Waals surface area (Å²) in [6, 6.07) is 7.86. The van der Waals surface area contributed by atoms with Gasteiger partial charge in [-0.05, 0) is 35.8 Å². The molecule has 24 heavy (non-hydrogen) atoms. The van der Waals surface area contributed by atoms with Crippen molar-refractivity contribution in [2.24, 2.45) is 0 Å². The molecule has 1 aliphatic carbocycles. The van der Waals surface area contributed by atoms with Crippen molar-refractivity contribution in [1.29, 1.82) is 5.26 Å². The first-order valence-electron chi connectivity index (χ1n) is 9.30. The van der Waals surface area contributed by atoms with Crippen molar-refractivity contribution in [1.82, 2.24) is 0 Å². The number of nitrogens with one attached hydrogen (secondary N) is 1. The second-order valence-electron chi connectivity index (χ2n) is 6.60. The summed E-state index contributed by atoms with van der Waals surface area (Å²) in [5, 5.41) is 11.8. The molecule has 0 unspecified atom stereocenters. The Bertz CT molecular complexity index is 625. The molecular formula is C21H28N2O. The van der Waals surface area contributed by atoms with Gasteiger partial charge in [-0.1, -0.05) is 64.4 Å². The van der Waals surface area contributed by atoms with Gasteiger partial charge in [0.15, 0.2) is 0 Å². The minimum absolute atomic E-state index is 0.0849. The highest BCUT2D eigenvalue weighted by molar-refractivity contribution is 6.03. The standard InChI is InChI=1S/C21H28N2O/c1-2-3-4-5-6-7-8-9-10-11-21(24)23-19-12-13-20-17(15-19)14-18(20)16-22/h12-15H,2-11H2,1H3,(H,23,24). The monoisotopic (exact) mass is 324 g/mol. The van der Waals surface area contributed by atoms with Gasteiger partial charge in [0, 0.05) is 12.1 Å². The zero-order chi connectivity index (χ0) is 17.2. The summed E-state index contributed by atoms with van der Waals surface area (Å²) in [7, 11) is 0. The summed E-state index contributed by atoms with van der Waals surface area (Å²) in [5.74, 6) is 0.0849. The van der Waals surface area contributed by atoms with Crippen LogP contribution < -0.4 is 5.32 Å². The van der Waals surface area contributed by atoms with Crippen LogP contribution >= 0.6 is 0 Å². The molecule has 2 rings (SSSR count). The first kappa shape index (κ1) is 18.3. The molecule has 0 saturated carbocycles. The van der Waals surface area contributed by atoms with Crippen LogP contribution in [0.1, 0.15) is 82.3 Å². The number of nitriles is 1. The third-order valence-corrected chi connectivity index (χ3v) is 4.55. The Morgan fingerprint density at radius 3 is 2.33 bits per heavy atom. The molecule has 1 aromatic carbocycles. The molecule has 0 aliphatic heterocycles. The summed E-state index contributed by atoms with van der Waals surface area (Å²) in [6.07, 6.45) is 13.8. The van der Waals surface area contributed by atoms with Crippen LogP contribution in [0.5, 0.6) is 0 Å². The zero-order valence-corrected chi connectivity index (χ0v) is 14.7. The van der Waals surface area contributed by atoms with E-state index in [1.165, 1.54) is 44.9 Å². The van der Waals surface area contributed by atoms with Crippen LogP contribution in [0.25, 0.3) is 11.6 Å². The van der Waals surface area contributed by atoms with Crippen molar-refractivity contribution >= 4 is 23.2 Å². The van der Waals surface area contributed by atoms with Crippen LogP contribution in [0.3, 0.4) is 0 Å². The third kappa shape index (κ3) is 5.53. The van der Waals surface area contributed by atoms with Crippen molar-refractivity contribution in [2.75, 3.05) is 5.32 Å². The second kappa shape index (κ2) is 9.93. The van der Waals surface area contributed by atoms with Gasteiger partial charge in [0.05, 0.1) is 11.6 Å². The van der Waals surface area contributed by atoms with Crippen LogP contribution in [-0.4, -0.2) is 5.91 Å². The number of carbonyl (C=O) groups is 1. The average molecular weight is 324 g/mol. The van der Waals surface area contributed by atoms with E-state index in [1.54, 1.807) is 0 Å². The lowest BCUT2D eigenvalue weighted by Crippen LogP contribution is -2.11. The minimum Gasteiger partial charge on any atom is -0.326 e. The molecule has 3 nitrogen and oxygen atoms in total. The van der Waals surface area contributed by atoms with Gasteiger partial charge in [-0.15, -0.1) is 0 Å². The second-order valence-corrected chi connectivity index (χ2v) is 6.60. The topological polar surface area (TPSA) is 52.9 Å². The van der Waals surface area contributed by atoms with E-state index in [1.807, 2.05) is 24.3 Å². The van der Waals surface area contributed by atoms with Gasteiger partial charge >= 0.3 is 0 Å². The van der Waals surface area contributed by atoms with Gasteiger partial charge in [0.1, 0.15) is 0 Å². The van der Waals surface area contributed by atoms with E-state index < -0.39 is 0 Å². The Morgan fingerprint density at radius 2 is 1.71 bits per heavy atom. The van der Waals surface area contributed by atoms with Crippen molar-refractivity contribution in [3.63, 3.8) is 0 Å². The molecule has 0 spiro atoms. The minimum atomic E-state index is 0.0849. The first-order chi connectivity index (χ1) is 11.7. The summed E-state index contributed by atoms with van der Waals surface area (Å²) in [6.45, 7) is 2.24. The molecule has 0 fully saturated rings. The SMILES string of the molecule is CCCCCCCCCCCC(=O)Nc1ccc2c(c1)C=C2C#N. The number of amides is 1. The average Bonchev–Trinajstić information content (AvgIpc) is 2.55. The van der Waals surface area contributed by atoms with Crippen LogP contribution in [-0.2, 0) is 4.79 Å². The Hall–Kier alpha value is -2.08. The molecule has 0 bridgehead atoms. The van der Waals surface area contributed by atoms with Gasteiger partial charge in [0.2, 0.25) is 5.91 Å². The molecule has 0 aromatic heterocycles. The first-order valence-corrected chi connectivity index (χ1v) is 9.30. The number of unbranched alkanes of at least 4 members (excludes halogenated alkanes) is 8. The van der Waals surface area contributed by atoms with Gasteiger partial charge in [-0.2, -0.15) is 5.26 Å². The molecule has 128 valence electrons. The summed E-state index contributed by atoms with van der Waals surface area (Å²) < 4.78 is 0. The molecule has 1 amide bonds. The number of carbonyl (C=O) groups excluding carboxylic acids is 1. The Balaban J connectivity index is 1.55. The summed E-state index contributed by atoms with van der Waals surface area (Å²) in [5.41, 5.74) is 3.56. The van der Waals surface area contributed by atoms with Gasteiger partial charge in [-0.3, -0.25) is 4.79 Å². The highest BCUT2D eigenvalue weighted by atomic mass is 16.1. The molecule has 1 aromatic rings. The van der Waals surface area contributed by atoms with Crippen molar-refractivity contribution < 1.29 is 4.79 Å². The third-order valence-electron chi connectivity index (χ3n) is 4.55. The molecule has 0 atom stereocenters. The van der Waals surface area contributed by atoms with Crippen molar-refractivity contribution in [2.45, 2.75) is 71.1 Å². The number of benzene rings is 1. The number of hydrogen-bond acceptors (Lipinski definition) is 2. The van der Waals surface area contributed by atoms with Crippen LogP contribution in [0, 0.1) is 11.3 Å². The smallest absolute Gasteiger partial charge is 0.224 e. The maximum Gasteiger partial charge on any atom is 0.224 e. The van der Waals surface area contributed by atoms with E-state index in [2.05, 4.69) is 18.3 Å². The molecular weight excluding hydrogens is 296 g/mol. The molecule has 3 heteroatoms. The van der Waals surface area contributed by atoms with Gasteiger partial charge < -0.3 is 5.32 Å². The van der Waals surface area contributed by atoms with Crippen LogP contribution in [0.15, 0.2) is 18.2 Å². The number of fused-ring (bicyclic) bond motifs is 1. The van der Waals surface area contributed by atoms with E-state index in [0.717, 1.165) is 35.2 Å². The van der Waals surface area contributed by atoms with E-state index in [9.17, 15) is 4.79 Å². The number of allylic oxidation sites excluding steroid dienone is 1. The molecule has 1 aliphatic rings.